The van der Waals surface area contributed by atoms with Crippen molar-refractivity contribution < 1.29 is 65.8 Å². The van der Waals surface area contributed by atoms with Crippen molar-refractivity contribution in [1.82, 2.24) is 0 Å². The van der Waals surface area contributed by atoms with E-state index in [1.807, 2.05) is 0 Å². The van der Waals surface area contributed by atoms with Crippen LogP contribution in [0.5, 0.6) is 0 Å². The third-order valence-corrected chi connectivity index (χ3v) is 0. The topological polar surface area (TPSA) is 40.1 Å². The van der Waals surface area contributed by atoms with Crippen molar-refractivity contribution in [2.45, 2.75) is 48.5 Å². The summed E-state index contributed by atoms with van der Waals surface area (Å²) in [7, 11) is 0. The average Bonchev–Trinajstić information content (AvgIpc) is 1.54. The summed E-state index contributed by atoms with van der Waals surface area (Å²) in [6.07, 6.45) is 0. The van der Waals surface area contributed by atoms with Gasteiger partial charge in [0, 0.05) is 5.97 Å². The van der Waals surface area contributed by atoms with Gasteiger partial charge in [0.05, 0.1) is 0 Å². The predicted octanol–water partition coefficient (Wildman–Crippen LogP) is -1.00. The van der Waals surface area contributed by atoms with Gasteiger partial charge in [-0.25, -0.2) is 0 Å². The number of aliphatic carboxylic acids is 1. The molecule has 0 spiro atoms. The molecule has 0 heterocycles. The zero-order valence-electron chi connectivity index (χ0n) is 11.1. The molecule has 0 fully saturated rings. The van der Waals surface area contributed by atoms with Crippen LogP contribution in [0, 0.1) is 11.8 Å². The van der Waals surface area contributed by atoms with E-state index in [1.54, 1.807) is 0 Å². The van der Waals surface area contributed by atoms with Crippen molar-refractivity contribution in [3.63, 3.8) is 0 Å². The zero-order valence-corrected chi connectivity index (χ0v) is 18.6. The van der Waals surface area contributed by atoms with E-state index < -0.39 is 5.97 Å². The summed E-state index contributed by atoms with van der Waals surface area (Å²) >= 11 is 0. The Labute approximate surface area is 131 Å². The van der Waals surface area contributed by atoms with Crippen LogP contribution in [0.25, 0.3) is 0 Å². The number of carbonyl (C=O) groups is 1. The SMILES string of the molecule is CC(=O)[O-].C[C-](C)C.C[C-](C)C.[Br-].[Zn+2].[Zn+2]. The minimum Gasteiger partial charge on any atom is -1.00 e. The summed E-state index contributed by atoms with van der Waals surface area (Å²) in [4.78, 5) is 8.89. The molecule has 0 rings (SSSR count). The third kappa shape index (κ3) is 1850. The molecule has 0 aromatic heterocycles. The summed E-state index contributed by atoms with van der Waals surface area (Å²) in [6.45, 7) is 13.5. The van der Waals surface area contributed by atoms with Crippen molar-refractivity contribution in [3.05, 3.63) is 11.8 Å². The molecular weight excluding hydrogens is 363 g/mol. The first-order valence-electron chi connectivity index (χ1n) is 3.91. The van der Waals surface area contributed by atoms with Gasteiger partial charge < -0.3 is 38.7 Å². The minimum absolute atomic E-state index is 0. The fourth-order valence-electron chi connectivity index (χ4n) is 0. The summed E-state index contributed by atoms with van der Waals surface area (Å²) in [5.41, 5.74) is 0. The molecule has 0 atom stereocenters. The van der Waals surface area contributed by atoms with Gasteiger partial charge in [-0.3, -0.25) is 0 Å². The van der Waals surface area contributed by atoms with E-state index in [9.17, 15) is 0 Å². The molecular formula is C10H21BrO2Zn2. The van der Waals surface area contributed by atoms with Crippen molar-refractivity contribution in [3.8, 4) is 0 Å². The van der Waals surface area contributed by atoms with Crippen molar-refractivity contribution in [2.75, 3.05) is 0 Å². The maximum atomic E-state index is 8.89. The van der Waals surface area contributed by atoms with Crippen molar-refractivity contribution >= 4 is 5.97 Å². The average molecular weight is 384 g/mol. The van der Waals surface area contributed by atoms with Gasteiger partial charge in [0.2, 0.25) is 0 Å². The Kier molecular flexibility index (Phi) is 70.7. The number of halogens is 1. The molecule has 0 N–H and O–H groups in total. The normalized spacial score (nSPS) is 6.47. The van der Waals surface area contributed by atoms with E-state index in [0.29, 0.717) is 0 Å². The van der Waals surface area contributed by atoms with Crippen LogP contribution in [0.3, 0.4) is 0 Å². The summed E-state index contributed by atoms with van der Waals surface area (Å²) in [5, 5.41) is 8.89. The minimum atomic E-state index is -1.08. The molecule has 0 aromatic carbocycles. The van der Waals surface area contributed by atoms with E-state index in [0.717, 1.165) is 6.92 Å². The number of hydrogen-bond acceptors (Lipinski definition) is 2. The van der Waals surface area contributed by atoms with Crippen molar-refractivity contribution in [1.29, 1.82) is 0 Å². The predicted molar refractivity (Wildman–Crippen MR) is 51.2 cm³/mol. The van der Waals surface area contributed by atoms with Gasteiger partial charge in [-0.05, 0) is 6.92 Å². The number of carboxylic acid groups (broad SMARTS) is 1. The Balaban J connectivity index is -0.0000000184. The molecule has 0 amide bonds. The first-order valence-corrected chi connectivity index (χ1v) is 3.91. The second-order valence-electron chi connectivity index (χ2n) is 3.49. The molecule has 84 valence electrons. The molecule has 0 aromatic rings. The number of carboxylic acids is 1. The van der Waals surface area contributed by atoms with Gasteiger partial charge in [-0.15, -0.1) is 0 Å². The van der Waals surface area contributed by atoms with E-state index in [2.05, 4.69) is 41.5 Å². The molecule has 0 aliphatic rings. The van der Waals surface area contributed by atoms with Crippen LogP contribution in [0.15, 0.2) is 0 Å². The summed E-state index contributed by atoms with van der Waals surface area (Å²) < 4.78 is 0. The van der Waals surface area contributed by atoms with Crippen LogP contribution in [0.2, 0.25) is 0 Å². The van der Waals surface area contributed by atoms with E-state index in [1.165, 1.54) is 11.8 Å². The maximum absolute atomic E-state index is 8.89. The second kappa shape index (κ2) is 29.5. The van der Waals surface area contributed by atoms with Gasteiger partial charge in [0.25, 0.3) is 0 Å². The zero-order chi connectivity index (χ0) is 10.7. The van der Waals surface area contributed by atoms with Crippen LogP contribution in [0.1, 0.15) is 48.5 Å². The smallest absolute Gasteiger partial charge is 1.00 e. The fraction of sp³-hybridized carbons (Fsp3) is 0.700. The van der Waals surface area contributed by atoms with Crippen LogP contribution in [-0.2, 0) is 43.8 Å². The molecule has 15 heavy (non-hydrogen) atoms. The Hall–Kier alpha value is 1.20. The third-order valence-electron chi connectivity index (χ3n) is 0. The number of carbonyl (C=O) groups excluding carboxylic acids is 1. The van der Waals surface area contributed by atoms with Gasteiger partial charge in [-0.2, -0.15) is 41.5 Å². The van der Waals surface area contributed by atoms with E-state index >= 15 is 0 Å². The Morgan fingerprint density at radius 2 is 0.867 bits per heavy atom. The largest absolute Gasteiger partial charge is 2.00 e. The van der Waals surface area contributed by atoms with Gasteiger partial charge in [0.15, 0.2) is 0 Å². The molecule has 0 saturated carbocycles. The van der Waals surface area contributed by atoms with E-state index in [-0.39, 0.29) is 55.9 Å². The van der Waals surface area contributed by atoms with Gasteiger partial charge >= 0.3 is 39.0 Å². The van der Waals surface area contributed by atoms with Gasteiger partial charge in [0.1, 0.15) is 0 Å². The Bertz CT molecular complexity index is 83.9. The molecule has 0 aliphatic carbocycles. The van der Waals surface area contributed by atoms with E-state index in [4.69, 9.17) is 9.90 Å². The molecule has 0 aliphatic heterocycles. The van der Waals surface area contributed by atoms with Crippen LogP contribution < -0.4 is 22.1 Å². The first kappa shape index (κ1) is 36.0. The molecule has 2 nitrogen and oxygen atoms in total. The second-order valence-corrected chi connectivity index (χ2v) is 3.49. The molecule has 0 unspecified atom stereocenters. The molecule has 0 bridgehead atoms. The number of hydrogen-bond donors (Lipinski definition) is 0. The Morgan fingerprint density at radius 1 is 0.867 bits per heavy atom. The molecule has 0 saturated heterocycles. The maximum Gasteiger partial charge on any atom is 2.00 e. The fourth-order valence-corrected chi connectivity index (χ4v) is 0. The molecule has 0 radical (unpaired) electrons. The van der Waals surface area contributed by atoms with Crippen LogP contribution in [-0.4, -0.2) is 5.97 Å². The first-order chi connectivity index (χ1) is 5.20. The quantitative estimate of drug-likeness (QED) is 0.397. The van der Waals surface area contributed by atoms with Crippen LogP contribution >= 0.6 is 0 Å². The monoisotopic (exact) mass is 380 g/mol. The van der Waals surface area contributed by atoms with Crippen molar-refractivity contribution in [2.24, 2.45) is 0 Å². The standard InChI is InChI=1S/2C4H9.C2H4O2.BrH.2Zn/c2*1-4(2)3;1-2(3)4;;;/h2*1-3H3;1H3,(H,3,4);1H;;/q2*-1;;;2*+2/p-2. The van der Waals surface area contributed by atoms with Gasteiger partial charge in [-0.1, -0.05) is 0 Å². The molecule has 5 heteroatoms. The summed E-state index contributed by atoms with van der Waals surface area (Å²) in [5.74, 6) is 1.75. The summed E-state index contributed by atoms with van der Waals surface area (Å²) in [6, 6.07) is 0. The Morgan fingerprint density at radius 3 is 0.867 bits per heavy atom. The number of rotatable bonds is 0. The van der Waals surface area contributed by atoms with Crippen LogP contribution in [0.4, 0.5) is 0 Å².